The number of nitrogens with zero attached hydrogens (tertiary/aromatic N) is 5. The van der Waals surface area contributed by atoms with Gasteiger partial charge < -0.3 is 5.73 Å². The molecule has 1 amide bonds. The summed E-state index contributed by atoms with van der Waals surface area (Å²) in [5.41, 5.74) is 5.44. The quantitative estimate of drug-likeness (QED) is 0.894. The van der Waals surface area contributed by atoms with Gasteiger partial charge in [0.15, 0.2) is 5.82 Å². The van der Waals surface area contributed by atoms with Gasteiger partial charge in [0.2, 0.25) is 5.91 Å². The Balaban J connectivity index is 1.72. The molecule has 128 valence electrons. The molecule has 2 N–H and O–H groups in total. The Bertz CT molecular complexity index is 516. The fraction of sp³-hybridized carbons (Fsp3) is 0.875. The van der Waals surface area contributed by atoms with Gasteiger partial charge in [-0.05, 0) is 55.6 Å². The molecular formula is C16H28N6O. The Morgan fingerprint density at radius 2 is 1.91 bits per heavy atom. The molecule has 3 rings (SSSR count). The fourth-order valence-electron chi connectivity index (χ4n) is 4.11. The Kier molecular flexibility index (Phi) is 5.25. The van der Waals surface area contributed by atoms with Gasteiger partial charge in [0.25, 0.3) is 0 Å². The van der Waals surface area contributed by atoms with Gasteiger partial charge in [0.1, 0.15) is 0 Å². The Labute approximate surface area is 137 Å². The number of rotatable bonds is 5. The first kappa shape index (κ1) is 16.4. The van der Waals surface area contributed by atoms with Crippen LogP contribution in [0.2, 0.25) is 0 Å². The van der Waals surface area contributed by atoms with Crippen molar-refractivity contribution in [2.75, 3.05) is 13.1 Å². The van der Waals surface area contributed by atoms with Gasteiger partial charge in [-0.2, -0.15) is 0 Å². The number of amides is 1. The van der Waals surface area contributed by atoms with E-state index in [1.165, 1.54) is 32.1 Å². The van der Waals surface area contributed by atoms with Crippen molar-refractivity contribution in [3.63, 3.8) is 0 Å². The summed E-state index contributed by atoms with van der Waals surface area (Å²) in [5.74, 6) is 0.861. The summed E-state index contributed by atoms with van der Waals surface area (Å²) in [6.07, 6.45) is 8.89. The van der Waals surface area contributed by atoms with E-state index < -0.39 is 0 Å². The monoisotopic (exact) mass is 320 g/mol. The smallest absolute Gasteiger partial charge is 0.220 e. The van der Waals surface area contributed by atoms with Crippen LogP contribution in [0, 0.1) is 5.92 Å². The van der Waals surface area contributed by atoms with Crippen LogP contribution < -0.4 is 5.73 Å². The maximum absolute atomic E-state index is 11.4. The van der Waals surface area contributed by atoms with Gasteiger partial charge >= 0.3 is 0 Å². The van der Waals surface area contributed by atoms with Crippen LogP contribution in [0.25, 0.3) is 0 Å². The van der Waals surface area contributed by atoms with Crippen molar-refractivity contribution in [3.05, 3.63) is 5.82 Å². The van der Waals surface area contributed by atoms with E-state index in [1.54, 1.807) is 0 Å². The number of carbonyl (C=O) groups is 1. The van der Waals surface area contributed by atoms with Gasteiger partial charge in [0.05, 0.1) is 12.1 Å². The number of carbonyl (C=O) groups excluding carboxylic acids is 1. The lowest BCUT2D eigenvalue weighted by Crippen LogP contribution is -2.41. The first-order chi connectivity index (χ1) is 11.2. The third-order valence-corrected chi connectivity index (χ3v) is 5.50. The molecule has 2 fully saturated rings. The molecule has 7 nitrogen and oxygen atoms in total. The Morgan fingerprint density at radius 3 is 2.52 bits per heavy atom. The molecule has 1 aromatic rings. The second kappa shape index (κ2) is 7.38. The SMILES string of the molecule is CCC(c1nnnn1C1CCCCC1)N1CCC(C(N)=O)CC1. The van der Waals surface area contributed by atoms with Crippen molar-refractivity contribution in [2.45, 2.75) is 70.4 Å². The molecule has 1 aliphatic heterocycles. The zero-order valence-electron chi connectivity index (χ0n) is 14.0. The second-order valence-corrected chi connectivity index (χ2v) is 6.91. The van der Waals surface area contributed by atoms with Crippen LogP contribution in [0.15, 0.2) is 0 Å². The van der Waals surface area contributed by atoms with E-state index in [-0.39, 0.29) is 17.9 Å². The van der Waals surface area contributed by atoms with Crippen LogP contribution in [0.1, 0.15) is 76.2 Å². The van der Waals surface area contributed by atoms with E-state index in [0.29, 0.717) is 6.04 Å². The molecule has 0 spiro atoms. The lowest BCUT2D eigenvalue weighted by atomic mass is 9.94. The molecule has 1 saturated heterocycles. The highest BCUT2D eigenvalue weighted by atomic mass is 16.1. The van der Waals surface area contributed by atoms with E-state index in [0.717, 1.165) is 38.2 Å². The number of tetrazole rings is 1. The Hall–Kier alpha value is -1.50. The molecule has 2 heterocycles. The number of hydrogen-bond donors (Lipinski definition) is 1. The van der Waals surface area contributed by atoms with E-state index >= 15 is 0 Å². The molecule has 23 heavy (non-hydrogen) atoms. The molecule has 0 radical (unpaired) electrons. The molecule has 1 saturated carbocycles. The number of hydrogen-bond acceptors (Lipinski definition) is 5. The minimum absolute atomic E-state index is 0.0260. The lowest BCUT2D eigenvalue weighted by molar-refractivity contribution is -0.123. The normalized spacial score (nSPS) is 23.0. The average Bonchev–Trinajstić information content (AvgIpc) is 3.06. The van der Waals surface area contributed by atoms with Crippen LogP contribution in [-0.4, -0.2) is 44.1 Å². The van der Waals surface area contributed by atoms with Crippen LogP contribution in [-0.2, 0) is 4.79 Å². The number of aromatic nitrogens is 4. The molecule has 1 aromatic heterocycles. The maximum Gasteiger partial charge on any atom is 0.220 e. The fourth-order valence-corrected chi connectivity index (χ4v) is 4.11. The van der Waals surface area contributed by atoms with Crippen molar-refractivity contribution in [1.29, 1.82) is 0 Å². The average molecular weight is 320 g/mol. The summed E-state index contributed by atoms with van der Waals surface area (Å²) in [4.78, 5) is 13.8. The maximum atomic E-state index is 11.4. The number of piperidine rings is 1. The highest BCUT2D eigenvalue weighted by Crippen LogP contribution is 2.33. The summed E-state index contributed by atoms with van der Waals surface area (Å²) < 4.78 is 2.08. The molecule has 0 bridgehead atoms. The highest BCUT2D eigenvalue weighted by Gasteiger charge is 2.31. The Morgan fingerprint density at radius 1 is 1.22 bits per heavy atom. The van der Waals surface area contributed by atoms with Crippen molar-refractivity contribution >= 4 is 5.91 Å². The zero-order chi connectivity index (χ0) is 16.2. The van der Waals surface area contributed by atoms with Gasteiger partial charge in [-0.1, -0.05) is 26.2 Å². The molecule has 1 atom stereocenters. The summed E-state index contributed by atoms with van der Waals surface area (Å²) >= 11 is 0. The summed E-state index contributed by atoms with van der Waals surface area (Å²) in [6.45, 7) is 3.97. The first-order valence-electron chi connectivity index (χ1n) is 9.01. The predicted molar refractivity (Wildman–Crippen MR) is 86.5 cm³/mol. The van der Waals surface area contributed by atoms with Crippen LogP contribution >= 0.6 is 0 Å². The molecule has 1 unspecified atom stereocenters. The van der Waals surface area contributed by atoms with Crippen molar-refractivity contribution in [1.82, 2.24) is 25.1 Å². The summed E-state index contributed by atoms with van der Waals surface area (Å²) in [5, 5.41) is 12.6. The van der Waals surface area contributed by atoms with Gasteiger partial charge in [-0.3, -0.25) is 9.69 Å². The third kappa shape index (κ3) is 3.54. The van der Waals surface area contributed by atoms with Crippen LogP contribution in [0.5, 0.6) is 0 Å². The van der Waals surface area contributed by atoms with Crippen LogP contribution in [0.3, 0.4) is 0 Å². The van der Waals surface area contributed by atoms with Gasteiger partial charge in [-0.25, -0.2) is 4.68 Å². The summed E-state index contributed by atoms with van der Waals surface area (Å²) in [7, 11) is 0. The highest BCUT2D eigenvalue weighted by molar-refractivity contribution is 5.76. The van der Waals surface area contributed by atoms with E-state index in [2.05, 4.69) is 32.0 Å². The van der Waals surface area contributed by atoms with Gasteiger partial charge in [0, 0.05) is 5.92 Å². The second-order valence-electron chi connectivity index (χ2n) is 6.91. The minimum Gasteiger partial charge on any atom is -0.369 e. The standard InChI is InChI=1S/C16H28N6O/c1-2-14(21-10-8-12(9-11-21)15(17)23)16-18-19-20-22(16)13-6-4-3-5-7-13/h12-14H,2-11H2,1H3,(H2,17,23). The van der Waals surface area contributed by atoms with E-state index in [1.807, 2.05) is 0 Å². The summed E-state index contributed by atoms with van der Waals surface area (Å²) in [6, 6.07) is 0.687. The molecule has 2 aliphatic rings. The molecule has 7 heteroatoms. The molecular weight excluding hydrogens is 292 g/mol. The largest absolute Gasteiger partial charge is 0.369 e. The first-order valence-corrected chi connectivity index (χ1v) is 9.01. The number of nitrogens with two attached hydrogens (primary N) is 1. The predicted octanol–water partition coefficient (Wildman–Crippen LogP) is 1.83. The topological polar surface area (TPSA) is 89.9 Å². The lowest BCUT2D eigenvalue weighted by Gasteiger charge is -2.36. The molecule has 0 aromatic carbocycles. The number of primary amides is 1. The third-order valence-electron chi connectivity index (χ3n) is 5.50. The minimum atomic E-state index is -0.162. The van der Waals surface area contributed by atoms with Crippen LogP contribution in [0.4, 0.5) is 0 Å². The van der Waals surface area contributed by atoms with Crippen molar-refractivity contribution < 1.29 is 4.79 Å². The van der Waals surface area contributed by atoms with Crippen molar-refractivity contribution in [3.8, 4) is 0 Å². The zero-order valence-corrected chi connectivity index (χ0v) is 14.0. The van der Waals surface area contributed by atoms with E-state index in [4.69, 9.17) is 5.73 Å². The van der Waals surface area contributed by atoms with E-state index in [9.17, 15) is 4.79 Å². The van der Waals surface area contributed by atoms with Crippen molar-refractivity contribution in [2.24, 2.45) is 11.7 Å². The molecule has 1 aliphatic carbocycles. The van der Waals surface area contributed by atoms with Gasteiger partial charge in [-0.15, -0.1) is 5.10 Å². The number of likely N-dealkylation sites (tertiary alicyclic amines) is 1.